The van der Waals surface area contributed by atoms with Crippen LogP contribution in [0.1, 0.15) is 0 Å². The van der Waals surface area contributed by atoms with Crippen molar-refractivity contribution >= 4 is 29.4 Å². The molecule has 0 spiro atoms. The molecule has 1 aliphatic rings. The largest absolute Gasteiger partial charge is 0.346 e. The van der Waals surface area contributed by atoms with Crippen LogP contribution in [-0.2, 0) is 9.59 Å². The first-order valence-corrected chi connectivity index (χ1v) is 6.15. The topological polar surface area (TPSA) is 111 Å². The molecule has 0 aromatic heterocycles. The molecule has 106 valence electrons. The van der Waals surface area contributed by atoms with Gasteiger partial charge in [0.25, 0.3) is 0 Å². The minimum atomic E-state index is -0.690. The van der Waals surface area contributed by atoms with Crippen molar-refractivity contribution in [1.82, 2.24) is 20.5 Å². The molecule has 1 heterocycles. The molecule has 9 nitrogen and oxygen atoms in total. The number of piperazine rings is 1. The summed E-state index contributed by atoms with van der Waals surface area (Å²) in [6, 6.07) is -0.690. The molecule has 1 rings (SSSR count). The number of amides is 4. The summed E-state index contributed by atoms with van der Waals surface area (Å²) < 4.78 is 0. The number of carbonyl (C=O) groups excluding carboxylic acids is 3. The van der Waals surface area contributed by atoms with Crippen LogP contribution >= 0.6 is 11.6 Å². The molecule has 0 aromatic carbocycles. The quantitative estimate of drug-likeness (QED) is 0.279. The fraction of sp³-hybridized carbons (Fsp3) is 0.667. The van der Waals surface area contributed by atoms with Crippen LogP contribution in [0.5, 0.6) is 0 Å². The van der Waals surface area contributed by atoms with Crippen molar-refractivity contribution in [2.75, 3.05) is 38.6 Å². The molecule has 0 radical (unpaired) electrons. The maximum absolute atomic E-state index is 11.4. The van der Waals surface area contributed by atoms with E-state index in [0.29, 0.717) is 18.1 Å². The molecule has 1 saturated heterocycles. The van der Waals surface area contributed by atoms with Crippen LogP contribution in [0.25, 0.3) is 0 Å². The maximum atomic E-state index is 11.4. The SMILES string of the molecule is O=NN(CCCl)C(=O)NCCN1CCNC(=O)C1=O. The summed E-state index contributed by atoms with van der Waals surface area (Å²) in [7, 11) is 0. The predicted molar refractivity (Wildman–Crippen MR) is 66.2 cm³/mol. The predicted octanol–water partition coefficient (Wildman–Crippen LogP) is -1.12. The van der Waals surface area contributed by atoms with Crippen molar-refractivity contribution in [3.05, 3.63) is 4.91 Å². The number of hydrogen-bond acceptors (Lipinski definition) is 5. The fourth-order valence-corrected chi connectivity index (χ4v) is 1.65. The second-order valence-electron chi connectivity index (χ2n) is 3.67. The molecule has 0 atom stereocenters. The standard InChI is InChI=1S/C9H14ClN5O4/c10-1-4-15(13-19)9(18)12-3-6-14-5-2-11-7(16)8(14)17/h1-6H2,(H,11,16)(H,12,18). The number of nitroso groups, excluding NO2 is 1. The molecule has 1 aliphatic heterocycles. The average Bonchev–Trinajstić information content (AvgIpc) is 2.40. The van der Waals surface area contributed by atoms with Gasteiger partial charge in [-0.2, -0.15) is 5.01 Å². The molecular formula is C9H14ClN5O4. The monoisotopic (exact) mass is 291 g/mol. The zero-order valence-electron chi connectivity index (χ0n) is 10.1. The molecular weight excluding hydrogens is 278 g/mol. The van der Waals surface area contributed by atoms with Gasteiger partial charge in [0, 0.05) is 32.1 Å². The lowest BCUT2D eigenvalue weighted by atomic mass is 10.3. The van der Waals surface area contributed by atoms with Gasteiger partial charge in [-0.05, 0) is 0 Å². The van der Waals surface area contributed by atoms with E-state index in [4.69, 9.17) is 11.6 Å². The Balaban J connectivity index is 2.33. The van der Waals surface area contributed by atoms with Gasteiger partial charge in [0.05, 0.1) is 11.8 Å². The van der Waals surface area contributed by atoms with Crippen LogP contribution < -0.4 is 10.6 Å². The number of rotatable bonds is 6. The molecule has 2 N–H and O–H groups in total. The lowest BCUT2D eigenvalue weighted by molar-refractivity contribution is -0.148. The van der Waals surface area contributed by atoms with Crippen LogP contribution in [0.15, 0.2) is 5.29 Å². The van der Waals surface area contributed by atoms with Crippen molar-refractivity contribution in [3.63, 3.8) is 0 Å². The Bertz CT molecular complexity index is 378. The minimum Gasteiger partial charge on any atom is -0.346 e. The maximum Gasteiger partial charge on any atom is 0.340 e. The second-order valence-corrected chi connectivity index (χ2v) is 4.05. The molecule has 10 heteroatoms. The summed E-state index contributed by atoms with van der Waals surface area (Å²) in [4.78, 5) is 45.6. The summed E-state index contributed by atoms with van der Waals surface area (Å²) in [6.45, 7) is 1.07. The van der Waals surface area contributed by atoms with E-state index in [1.165, 1.54) is 4.90 Å². The third kappa shape index (κ3) is 4.36. The van der Waals surface area contributed by atoms with E-state index in [0.717, 1.165) is 0 Å². The smallest absolute Gasteiger partial charge is 0.340 e. The highest BCUT2D eigenvalue weighted by Gasteiger charge is 2.25. The highest BCUT2D eigenvalue weighted by Crippen LogP contribution is 1.95. The molecule has 4 amide bonds. The van der Waals surface area contributed by atoms with Gasteiger partial charge in [-0.15, -0.1) is 16.5 Å². The number of alkyl halides is 1. The van der Waals surface area contributed by atoms with E-state index in [1.807, 2.05) is 0 Å². The van der Waals surface area contributed by atoms with E-state index in [1.54, 1.807) is 0 Å². The third-order valence-corrected chi connectivity index (χ3v) is 2.61. The molecule has 0 saturated carbocycles. The molecule has 1 fully saturated rings. The Morgan fingerprint density at radius 2 is 2.26 bits per heavy atom. The Kier molecular flexibility index (Phi) is 6.00. The molecule has 0 unspecified atom stereocenters. The summed E-state index contributed by atoms with van der Waals surface area (Å²) in [5, 5.41) is 7.98. The van der Waals surface area contributed by atoms with Gasteiger partial charge >= 0.3 is 17.8 Å². The zero-order valence-corrected chi connectivity index (χ0v) is 10.9. The summed E-state index contributed by atoms with van der Waals surface area (Å²) in [6.07, 6.45) is 0. The first-order valence-electron chi connectivity index (χ1n) is 5.62. The number of nitrogens with zero attached hydrogens (tertiary/aromatic N) is 3. The van der Waals surface area contributed by atoms with E-state index >= 15 is 0 Å². The van der Waals surface area contributed by atoms with Crippen molar-refractivity contribution < 1.29 is 14.4 Å². The van der Waals surface area contributed by atoms with E-state index in [-0.39, 0.29) is 25.5 Å². The first kappa shape index (κ1) is 15.2. The number of nitrogens with one attached hydrogen (secondary N) is 2. The van der Waals surface area contributed by atoms with Crippen molar-refractivity contribution in [3.8, 4) is 0 Å². The Morgan fingerprint density at radius 3 is 2.89 bits per heavy atom. The van der Waals surface area contributed by atoms with Gasteiger partial charge < -0.3 is 15.5 Å². The second kappa shape index (κ2) is 7.52. The van der Waals surface area contributed by atoms with E-state index in [9.17, 15) is 19.3 Å². The van der Waals surface area contributed by atoms with Crippen molar-refractivity contribution in [1.29, 1.82) is 0 Å². The van der Waals surface area contributed by atoms with Crippen LogP contribution in [0.4, 0.5) is 4.79 Å². The lowest BCUT2D eigenvalue weighted by Crippen LogP contribution is -2.54. The number of urea groups is 1. The normalized spacial score (nSPS) is 14.9. The Labute approximate surface area is 114 Å². The number of halogens is 1. The van der Waals surface area contributed by atoms with E-state index in [2.05, 4.69) is 15.9 Å². The highest BCUT2D eigenvalue weighted by atomic mass is 35.5. The van der Waals surface area contributed by atoms with Crippen molar-refractivity contribution in [2.45, 2.75) is 0 Å². The van der Waals surface area contributed by atoms with Crippen LogP contribution in [0.2, 0.25) is 0 Å². The zero-order chi connectivity index (χ0) is 14.3. The highest BCUT2D eigenvalue weighted by molar-refractivity contribution is 6.35. The van der Waals surface area contributed by atoms with Gasteiger partial charge in [0.15, 0.2) is 0 Å². The number of hydrogen-bond donors (Lipinski definition) is 2. The van der Waals surface area contributed by atoms with Gasteiger partial charge in [-0.1, -0.05) is 0 Å². The summed E-state index contributed by atoms with van der Waals surface area (Å²) in [5.74, 6) is -1.20. The molecule has 0 bridgehead atoms. The Hall–Kier alpha value is -1.90. The lowest BCUT2D eigenvalue weighted by Gasteiger charge is -2.26. The van der Waals surface area contributed by atoms with E-state index < -0.39 is 17.8 Å². The average molecular weight is 292 g/mol. The Morgan fingerprint density at radius 1 is 1.53 bits per heavy atom. The van der Waals surface area contributed by atoms with Gasteiger partial charge in [-0.25, -0.2) is 4.79 Å². The first-order chi connectivity index (χ1) is 9.10. The minimum absolute atomic E-state index is 0.00192. The molecule has 0 aliphatic carbocycles. The van der Waals surface area contributed by atoms with Gasteiger partial charge in [-0.3, -0.25) is 9.59 Å². The van der Waals surface area contributed by atoms with Crippen LogP contribution in [0.3, 0.4) is 0 Å². The third-order valence-electron chi connectivity index (χ3n) is 2.44. The number of carbonyl (C=O) groups is 3. The van der Waals surface area contributed by atoms with Gasteiger partial charge in [0.1, 0.15) is 0 Å². The van der Waals surface area contributed by atoms with Crippen LogP contribution in [-0.4, -0.2) is 66.4 Å². The van der Waals surface area contributed by atoms with Crippen LogP contribution in [0, 0.1) is 4.91 Å². The summed E-state index contributed by atoms with van der Waals surface area (Å²) in [5.41, 5.74) is 0. The molecule has 19 heavy (non-hydrogen) atoms. The van der Waals surface area contributed by atoms with Crippen molar-refractivity contribution in [2.24, 2.45) is 5.29 Å². The fourth-order valence-electron chi connectivity index (χ4n) is 1.49. The molecule has 0 aromatic rings. The van der Waals surface area contributed by atoms with Gasteiger partial charge in [0.2, 0.25) is 0 Å². The summed E-state index contributed by atoms with van der Waals surface area (Å²) >= 11 is 5.39.